The van der Waals surface area contributed by atoms with Crippen molar-refractivity contribution in [3.8, 4) is 0 Å². The van der Waals surface area contributed by atoms with Gasteiger partial charge in [-0.25, -0.2) is 14.1 Å². The Kier molecular flexibility index (Phi) is 4.37. The van der Waals surface area contributed by atoms with Gasteiger partial charge in [-0.3, -0.25) is 9.59 Å². The normalized spacial score (nSPS) is 22.0. The van der Waals surface area contributed by atoms with Crippen LogP contribution in [0, 0.1) is 5.82 Å². The van der Waals surface area contributed by atoms with Crippen molar-refractivity contribution in [2.24, 2.45) is 0 Å². The van der Waals surface area contributed by atoms with E-state index in [9.17, 15) is 18.8 Å². The van der Waals surface area contributed by atoms with E-state index in [1.165, 1.54) is 25.1 Å². The third-order valence-electron chi connectivity index (χ3n) is 5.50. The first-order valence-electron chi connectivity index (χ1n) is 9.23. The molecule has 0 aromatic heterocycles. The Morgan fingerprint density at radius 2 is 1.89 bits per heavy atom. The number of hydrogen-bond donors (Lipinski definition) is 2. The van der Waals surface area contributed by atoms with Crippen molar-refractivity contribution < 1.29 is 18.8 Å². The fourth-order valence-electron chi connectivity index (χ4n) is 4.05. The molecule has 4 rings (SSSR count). The van der Waals surface area contributed by atoms with Crippen molar-refractivity contribution in [3.05, 3.63) is 65.5 Å². The van der Waals surface area contributed by atoms with Gasteiger partial charge in [0.1, 0.15) is 17.4 Å². The number of fused-ring (bicyclic) bond motifs is 2. The minimum absolute atomic E-state index is 0.00382. The van der Waals surface area contributed by atoms with Crippen LogP contribution >= 0.6 is 0 Å². The van der Waals surface area contributed by atoms with E-state index >= 15 is 0 Å². The van der Waals surface area contributed by atoms with E-state index < -0.39 is 35.2 Å². The molecule has 7 heteroatoms. The first kappa shape index (κ1) is 18.2. The SMILES string of the molecule is C[C@@H](C(=O)Nc1ccccc1F)N1C(=O)N[C@@]2(CCCc3ccccc32)C1=O. The van der Waals surface area contributed by atoms with E-state index in [-0.39, 0.29) is 5.69 Å². The molecule has 28 heavy (non-hydrogen) atoms. The van der Waals surface area contributed by atoms with Crippen molar-refractivity contribution in [1.29, 1.82) is 0 Å². The second kappa shape index (κ2) is 6.74. The third-order valence-corrected chi connectivity index (χ3v) is 5.50. The number of rotatable bonds is 3. The molecule has 1 heterocycles. The summed E-state index contributed by atoms with van der Waals surface area (Å²) in [6, 6.07) is 11.6. The lowest BCUT2D eigenvalue weighted by Crippen LogP contribution is -2.49. The third kappa shape index (κ3) is 2.74. The molecule has 1 saturated heterocycles. The highest BCUT2D eigenvalue weighted by Crippen LogP contribution is 2.40. The van der Waals surface area contributed by atoms with Gasteiger partial charge < -0.3 is 10.6 Å². The van der Waals surface area contributed by atoms with Crippen LogP contribution in [0.2, 0.25) is 0 Å². The zero-order valence-electron chi connectivity index (χ0n) is 15.4. The van der Waals surface area contributed by atoms with Gasteiger partial charge in [-0.1, -0.05) is 36.4 Å². The van der Waals surface area contributed by atoms with E-state index in [2.05, 4.69) is 10.6 Å². The van der Waals surface area contributed by atoms with E-state index in [0.29, 0.717) is 6.42 Å². The summed E-state index contributed by atoms with van der Waals surface area (Å²) in [5.74, 6) is -1.66. The number of imide groups is 1. The van der Waals surface area contributed by atoms with Crippen molar-refractivity contribution in [3.63, 3.8) is 0 Å². The Morgan fingerprint density at radius 3 is 2.68 bits per heavy atom. The summed E-state index contributed by atoms with van der Waals surface area (Å²) >= 11 is 0. The van der Waals surface area contributed by atoms with Gasteiger partial charge in [-0.05, 0) is 49.4 Å². The number of benzene rings is 2. The van der Waals surface area contributed by atoms with Gasteiger partial charge in [-0.2, -0.15) is 0 Å². The lowest BCUT2D eigenvalue weighted by atomic mass is 9.76. The number of nitrogens with zero attached hydrogens (tertiary/aromatic N) is 1. The van der Waals surface area contributed by atoms with Crippen LogP contribution in [-0.2, 0) is 21.5 Å². The van der Waals surface area contributed by atoms with Crippen LogP contribution in [0.4, 0.5) is 14.9 Å². The molecule has 2 aromatic rings. The van der Waals surface area contributed by atoms with Crippen LogP contribution < -0.4 is 10.6 Å². The van der Waals surface area contributed by atoms with Crippen LogP contribution in [0.1, 0.15) is 30.9 Å². The molecule has 2 N–H and O–H groups in total. The zero-order chi connectivity index (χ0) is 19.9. The Balaban J connectivity index is 1.62. The average Bonchev–Trinajstić information content (AvgIpc) is 2.93. The Morgan fingerprint density at radius 1 is 1.18 bits per heavy atom. The molecule has 1 spiro atoms. The quantitative estimate of drug-likeness (QED) is 0.803. The number of nitrogens with one attached hydrogen (secondary N) is 2. The number of halogens is 1. The lowest BCUT2D eigenvalue weighted by Gasteiger charge is -2.33. The van der Waals surface area contributed by atoms with Gasteiger partial charge in [-0.15, -0.1) is 0 Å². The summed E-state index contributed by atoms with van der Waals surface area (Å²) < 4.78 is 13.8. The maximum atomic E-state index is 13.8. The van der Waals surface area contributed by atoms with Crippen LogP contribution in [0.5, 0.6) is 0 Å². The molecule has 1 aliphatic heterocycles. The number of hydrogen-bond acceptors (Lipinski definition) is 3. The Hall–Kier alpha value is -3.22. The molecular formula is C21H20FN3O3. The minimum atomic E-state index is -1.14. The highest BCUT2D eigenvalue weighted by atomic mass is 19.1. The topological polar surface area (TPSA) is 78.5 Å². The predicted molar refractivity (Wildman–Crippen MR) is 101 cm³/mol. The molecule has 4 amide bonds. The second-order valence-electron chi connectivity index (χ2n) is 7.17. The first-order valence-corrected chi connectivity index (χ1v) is 9.23. The first-order chi connectivity index (χ1) is 13.4. The summed E-state index contributed by atoms with van der Waals surface area (Å²) in [4.78, 5) is 39.5. The molecule has 0 radical (unpaired) electrons. The van der Waals surface area contributed by atoms with Crippen molar-refractivity contribution >= 4 is 23.5 Å². The standard InChI is InChI=1S/C21H20FN3O3/c1-13(18(26)23-17-11-5-4-10-16(17)22)25-19(27)21(24-20(25)28)12-6-8-14-7-2-3-9-15(14)21/h2-5,7,9-11,13H,6,8,12H2,1H3,(H,23,26)(H,24,28)/t13-,21+/m0/s1. The van der Waals surface area contributed by atoms with E-state index in [4.69, 9.17) is 0 Å². The average molecular weight is 381 g/mol. The summed E-state index contributed by atoms with van der Waals surface area (Å²) in [6.45, 7) is 1.46. The molecule has 2 aromatic carbocycles. The molecule has 144 valence electrons. The van der Waals surface area contributed by atoms with Gasteiger partial charge in [0, 0.05) is 0 Å². The summed E-state index contributed by atoms with van der Waals surface area (Å²) in [5.41, 5.74) is 0.666. The molecule has 0 bridgehead atoms. The van der Waals surface area contributed by atoms with Crippen molar-refractivity contribution in [2.75, 3.05) is 5.32 Å². The fourth-order valence-corrected chi connectivity index (χ4v) is 4.05. The lowest BCUT2D eigenvalue weighted by molar-refractivity contribution is -0.137. The van der Waals surface area contributed by atoms with E-state index in [0.717, 1.165) is 28.9 Å². The van der Waals surface area contributed by atoms with E-state index in [1.807, 2.05) is 24.3 Å². The highest BCUT2D eigenvalue weighted by molar-refractivity contribution is 6.11. The Labute approximate surface area is 161 Å². The molecule has 1 aliphatic carbocycles. The highest BCUT2D eigenvalue weighted by Gasteiger charge is 2.55. The summed E-state index contributed by atoms with van der Waals surface area (Å²) in [5, 5.41) is 5.27. The number of amides is 4. The maximum Gasteiger partial charge on any atom is 0.326 e. The second-order valence-corrected chi connectivity index (χ2v) is 7.17. The van der Waals surface area contributed by atoms with Crippen molar-refractivity contribution in [2.45, 2.75) is 37.8 Å². The van der Waals surface area contributed by atoms with Gasteiger partial charge in [0.05, 0.1) is 5.69 Å². The molecule has 1 fully saturated rings. The molecule has 0 saturated carbocycles. The predicted octanol–water partition coefficient (Wildman–Crippen LogP) is 2.94. The number of carbonyl (C=O) groups excluding carboxylic acids is 3. The summed E-state index contributed by atoms with van der Waals surface area (Å²) in [6.07, 6.45) is 2.07. The van der Waals surface area contributed by atoms with Crippen LogP contribution in [-0.4, -0.2) is 28.8 Å². The van der Waals surface area contributed by atoms with E-state index in [1.54, 1.807) is 6.07 Å². The smallest absolute Gasteiger partial charge is 0.322 e. The number of urea groups is 1. The van der Waals surface area contributed by atoms with Crippen LogP contribution in [0.3, 0.4) is 0 Å². The monoisotopic (exact) mass is 381 g/mol. The zero-order valence-corrected chi connectivity index (χ0v) is 15.4. The maximum absolute atomic E-state index is 13.8. The minimum Gasteiger partial charge on any atom is -0.322 e. The van der Waals surface area contributed by atoms with Crippen LogP contribution in [0.25, 0.3) is 0 Å². The molecular weight excluding hydrogens is 361 g/mol. The Bertz CT molecular complexity index is 977. The van der Waals surface area contributed by atoms with Crippen molar-refractivity contribution in [1.82, 2.24) is 10.2 Å². The van der Waals surface area contributed by atoms with Crippen LogP contribution in [0.15, 0.2) is 48.5 Å². The van der Waals surface area contributed by atoms with Gasteiger partial charge in [0.15, 0.2) is 0 Å². The fraction of sp³-hybridized carbons (Fsp3) is 0.286. The van der Waals surface area contributed by atoms with Gasteiger partial charge in [0.25, 0.3) is 5.91 Å². The number of aryl methyl sites for hydroxylation is 1. The van der Waals surface area contributed by atoms with Gasteiger partial charge >= 0.3 is 6.03 Å². The molecule has 0 unspecified atom stereocenters. The number of carbonyl (C=O) groups is 3. The number of para-hydroxylation sites is 1. The summed E-state index contributed by atoms with van der Waals surface area (Å²) in [7, 11) is 0. The molecule has 2 atom stereocenters. The molecule has 2 aliphatic rings. The molecule has 6 nitrogen and oxygen atoms in total. The van der Waals surface area contributed by atoms with Gasteiger partial charge in [0.2, 0.25) is 5.91 Å². The number of anilines is 1. The largest absolute Gasteiger partial charge is 0.326 e.